The lowest BCUT2D eigenvalue weighted by molar-refractivity contribution is 0.207. The lowest BCUT2D eigenvalue weighted by Gasteiger charge is -2.33. The van der Waals surface area contributed by atoms with Crippen LogP contribution in [0.1, 0.15) is 0 Å². The molecule has 1 fully saturated rings. The minimum absolute atomic E-state index is 0.0961. The standard InChI is InChI=1S/C13H16ClN3O2S/c1-2-5-16-6-8-17(9-7-16)20(18,19)13-4-3-11(15)10-12(13)14/h1,3-4,10H,5-9,15H2. The fourth-order valence-electron chi connectivity index (χ4n) is 2.12. The van der Waals surface area contributed by atoms with Crippen LogP contribution in [0, 0.1) is 12.3 Å². The van der Waals surface area contributed by atoms with Gasteiger partial charge in [0.2, 0.25) is 10.0 Å². The first kappa shape index (κ1) is 15.1. The molecule has 0 radical (unpaired) electrons. The van der Waals surface area contributed by atoms with Gasteiger partial charge in [0.15, 0.2) is 0 Å². The van der Waals surface area contributed by atoms with Crippen molar-refractivity contribution in [3.63, 3.8) is 0 Å². The summed E-state index contributed by atoms with van der Waals surface area (Å²) in [4.78, 5) is 2.13. The lowest BCUT2D eigenvalue weighted by Crippen LogP contribution is -2.48. The van der Waals surface area contributed by atoms with Crippen LogP contribution < -0.4 is 5.73 Å². The van der Waals surface area contributed by atoms with Gasteiger partial charge in [-0.1, -0.05) is 17.5 Å². The number of terminal acetylenes is 1. The Morgan fingerprint density at radius 3 is 2.50 bits per heavy atom. The Morgan fingerprint density at radius 2 is 1.95 bits per heavy atom. The Morgan fingerprint density at radius 1 is 1.30 bits per heavy atom. The van der Waals surface area contributed by atoms with Gasteiger partial charge < -0.3 is 5.73 Å². The Bertz CT molecular complexity index is 632. The molecule has 1 aliphatic rings. The predicted molar refractivity (Wildman–Crippen MR) is 79.9 cm³/mol. The van der Waals surface area contributed by atoms with Crippen LogP contribution in [-0.2, 0) is 10.0 Å². The normalized spacial score (nSPS) is 17.8. The van der Waals surface area contributed by atoms with E-state index in [9.17, 15) is 8.42 Å². The van der Waals surface area contributed by atoms with Crippen molar-refractivity contribution < 1.29 is 8.42 Å². The first-order valence-corrected chi connectivity index (χ1v) is 7.98. The van der Waals surface area contributed by atoms with Gasteiger partial charge in [0.25, 0.3) is 0 Å². The number of nitrogens with two attached hydrogens (primary N) is 1. The van der Waals surface area contributed by atoms with Crippen LogP contribution in [0.15, 0.2) is 23.1 Å². The molecule has 1 saturated heterocycles. The maximum Gasteiger partial charge on any atom is 0.244 e. The van der Waals surface area contributed by atoms with Gasteiger partial charge >= 0.3 is 0 Å². The van der Waals surface area contributed by atoms with Gasteiger partial charge in [0.1, 0.15) is 4.90 Å². The molecule has 1 aliphatic heterocycles. The number of nitrogen functional groups attached to an aromatic ring is 1. The van der Waals surface area contributed by atoms with Crippen LogP contribution >= 0.6 is 11.6 Å². The minimum Gasteiger partial charge on any atom is -0.399 e. The molecule has 1 aromatic carbocycles. The zero-order chi connectivity index (χ0) is 14.8. The first-order valence-electron chi connectivity index (χ1n) is 6.16. The van der Waals surface area contributed by atoms with Crippen LogP contribution in [0.2, 0.25) is 5.02 Å². The van der Waals surface area contributed by atoms with E-state index in [0.29, 0.717) is 38.4 Å². The van der Waals surface area contributed by atoms with Gasteiger partial charge in [-0.25, -0.2) is 8.42 Å². The number of anilines is 1. The van der Waals surface area contributed by atoms with Gasteiger partial charge in [-0.15, -0.1) is 6.42 Å². The number of piperazine rings is 1. The molecular weight excluding hydrogens is 298 g/mol. The number of rotatable bonds is 3. The second-order valence-electron chi connectivity index (χ2n) is 4.57. The molecule has 108 valence electrons. The van der Waals surface area contributed by atoms with Crippen LogP contribution in [0.3, 0.4) is 0 Å². The highest BCUT2D eigenvalue weighted by atomic mass is 35.5. The summed E-state index contributed by atoms with van der Waals surface area (Å²) in [7, 11) is -3.58. The smallest absolute Gasteiger partial charge is 0.244 e. The quantitative estimate of drug-likeness (QED) is 0.664. The van der Waals surface area contributed by atoms with E-state index in [1.807, 2.05) is 4.90 Å². The highest BCUT2D eigenvalue weighted by molar-refractivity contribution is 7.89. The van der Waals surface area contributed by atoms with Gasteiger partial charge in [-0.3, -0.25) is 4.90 Å². The van der Waals surface area contributed by atoms with E-state index in [-0.39, 0.29) is 9.92 Å². The lowest BCUT2D eigenvalue weighted by atomic mass is 10.3. The largest absolute Gasteiger partial charge is 0.399 e. The highest BCUT2D eigenvalue weighted by Gasteiger charge is 2.29. The summed E-state index contributed by atoms with van der Waals surface area (Å²) in [5.74, 6) is 2.56. The molecule has 0 unspecified atom stereocenters. The number of halogens is 1. The maximum atomic E-state index is 12.5. The average molecular weight is 314 g/mol. The van der Waals surface area contributed by atoms with Crippen molar-refractivity contribution in [2.75, 3.05) is 38.5 Å². The van der Waals surface area contributed by atoms with Crippen LogP contribution in [-0.4, -0.2) is 50.3 Å². The molecule has 2 N–H and O–H groups in total. The van der Waals surface area contributed by atoms with Crippen molar-refractivity contribution in [3.8, 4) is 12.3 Å². The average Bonchev–Trinajstić information content (AvgIpc) is 2.39. The zero-order valence-electron chi connectivity index (χ0n) is 10.9. The van der Waals surface area contributed by atoms with Crippen LogP contribution in [0.25, 0.3) is 0 Å². The van der Waals surface area contributed by atoms with Crippen molar-refractivity contribution in [2.24, 2.45) is 0 Å². The van der Waals surface area contributed by atoms with Crippen LogP contribution in [0.4, 0.5) is 5.69 Å². The molecule has 0 atom stereocenters. The Balaban J connectivity index is 2.18. The molecule has 1 heterocycles. The Labute approximate surface area is 124 Å². The fraction of sp³-hybridized carbons (Fsp3) is 0.385. The minimum atomic E-state index is -3.58. The molecule has 5 nitrogen and oxygen atoms in total. The molecule has 0 amide bonds. The summed E-state index contributed by atoms with van der Waals surface area (Å²) in [6, 6.07) is 4.43. The summed E-state index contributed by atoms with van der Waals surface area (Å²) >= 11 is 5.99. The molecule has 1 aromatic rings. The number of hydrogen-bond acceptors (Lipinski definition) is 4. The number of sulfonamides is 1. The Kier molecular flexibility index (Phi) is 4.55. The fourth-order valence-corrected chi connectivity index (χ4v) is 4.07. The van der Waals surface area contributed by atoms with Gasteiger partial charge in [0.05, 0.1) is 11.6 Å². The third-order valence-electron chi connectivity index (χ3n) is 3.22. The molecule has 0 spiro atoms. The van der Waals surface area contributed by atoms with Crippen molar-refractivity contribution in [1.29, 1.82) is 0 Å². The van der Waals surface area contributed by atoms with E-state index in [1.165, 1.54) is 22.5 Å². The van der Waals surface area contributed by atoms with Gasteiger partial charge in [-0.05, 0) is 18.2 Å². The maximum absolute atomic E-state index is 12.5. The van der Waals surface area contributed by atoms with Crippen molar-refractivity contribution in [2.45, 2.75) is 4.90 Å². The zero-order valence-corrected chi connectivity index (χ0v) is 12.5. The molecule has 2 rings (SSSR count). The summed E-state index contributed by atoms with van der Waals surface area (Å²) < 4.78 is 26.5. The molecule has 20 heavy (non-hydrogen) atoms. The molecular formula is C13H16ClN3O2S. The van der Waals surface area contributed by atoms with Crippen molar-refractivity contribution >= 4 is 27.3 Å². The molecule has 0 bridgehead atoms. The molecule has 0 aliphatic carbocycles. The topological polar surface area (TPSA) is 66.6 Å². The van der Waals surface area contributed by atoms with E-state index in [2.05, 4.69) is 5.92 Å². The summed E-state index contributed by atoms with van der Waals surface area (Å²) in [6.45, 7) is 2.60. The number of hydrogen-bond donors (Lipinski definition) is 1. The highest BCUT2D eigenvalue weighted by Crippen LogP contribution is 2.27. The van der Waals surface area contributed by atoms with Crippen molar-refractivity contribution in [3.05, 3.63) is 23.2 Å². The van der Waals surface area contributed by atoms with E-state index in [4.69, 9.17) is 23.8 Å². The SMILES string of the molecule is C#CCN1CCN(S(=O)(=O)c2ccc(N)cc2Cl)CC1. The Hall–Kier alpha value is -1.26. The van der Waals surface area contributed by atoms with Gasteiger partial charge in [-0.2, -0.15) is 4.31 Å². The third kappa shape index (κ3) is 3.07. The van der Waals surface area contributed by atoms with Gasteiger partial charge in [0, 0.05) is 31.9 Å². The third-order valence-corrected chi connectivity index (χ3v) is 5.60. The monoisotopic (exact) mass is 313 g/mol. The van der Waals surface area contributed by atoms with E-state index in [0.717, 1.165) is 0 Å². The number of benzene rings is 1. The molecule has 7 heteroatoms. The number of nitrogens with zero attached hydrogens (tertiary/aromatic N) is 2. The second kappa shape index (κ2) is 6.02. The summed E-state index contributed by atoms with van der Waals surface area (Å²) in [5.41, 5.74) is 6.02. The molecule has 0 saturated carbocycles. The van der Waals surface area contributed by atoms with E-state index < -0.39 is 10.0 Å². The van der Waals surface area contributed by atoms with E-state index >= 15 is 0 Å². The second-order valence-corrected chi connectivity index (χ2v) is 6.89. The predicted octanol–water partition coefficient (Wildman–Crippen LogP) is 0.862. The van der Waals surface area contributed by atoms with Crippen LogP contribution in [0.5, 0.6) is 0 Å². The molecule has 0 aromatic heterocycles. The summed E-state index contributed by atoms with van der Waals surface area (Å²) in [5, 5.41) is 0.149. The first-order chi connectivity index (χ1) is 9.45. The van der Waals surface area contributed by atoms with E-state index in [1.54, 1.807) is 0 Å². The summed E-state index contributed by atoms with van der Waals surface area (Å²) in [6.07, 6.45) is 5.25. The van der Waals surface area contributed by atoms with Crippen molar-refractivity contribution in [1.82, 2.24) is 9.21 Å².